The Labute approximate surface area is 155 Å². The van der Waals surface area contributed by atoms with E-state index in [1.807, 2.05) is 0 Å². The third kappa shape index (κ3) is 4.72. The average molecular weight is 359 g/mol. The summed E-state index contributed by atoms with van der Waals surface area (Å²) in [7, 11) is 0. The molecule has 136 valence electrons. The molecule has 2 aromatic heterocycles. The number of aromatic nitrogens is 2. The number of piperidine rings is 1. The zero-order valence-corrected chi connectivity index (χ0v) is 16.0. The van der Waals surface area contributed by atoms with Crippen LogP contribution in [0.4, 0.5) is 0 Å². The van der Waals surface area contributed by atoms with Crippen LogP contribution in [-0.2, 0) is 6.67 Å². The first-order chi connectivity index (χ1) is 12.4. The van der Waals surface area contributed by atoms with Gasteiger partial charge in [0.2, 0.25) is 0 Å². The molecule has 0 unspecified atom stereocenters. The molecule has 2 aromatic rings. The highest BCUT2D eigenvalue weighted by Gasteiger charge is 2.22. The summed E-state index contributed by atoms with van der Waals surface area (Å²) < 4.78 is 2.10. The van der Waals surface area contributed by atoms with E-state index in [2.05, 4.69) is 43.6 Å². The Morgan fingerprint density at radius 1 is 0.960 bits per heavy atom. The highest BCUT2D eigenvalue weighted by atomic mass is 32.1. The van der Waals surface area contributed by atoms with E-state index in [9.17, 15) is 0 Å². The lowest BCUT2D eigenvalue weighted by atomic mass is 9.96. The largest absolute Gasteiger partial charge is 0.303 e. The minimum atomic E-state index is 0.897. The van der Waals surface area contributed by atoms with Crippen molar-refractivity contribution in [3.05, 3.63) is 29.1 Å². The van der Waals surface area contributed by atoms with Crippen molar-refractivity contribution in [2.45, 2.75) is 45.2 Å². The van der Waals surface area contributed by atoms with Crippen LogP contribution in [0.5, 0.6) is 0 Å². The number of rotatable bonds is 5. The summed E-state index contributed by atoms with van der Waals surface area (Å²) in [6.07, 6.45) is 10.5. The van der Waals surface area contributed by atoms with Gasteiger partial charge >= 0.3 is 0 Å². The van der Waals surface area contributed by atoms with Crippen molar-refractivity contribution in [1.82, 2.24) is 19.6 Å². The smallest absolute Gasteiger partial charge is 0.0932 e. The Balaban J connectivity index is 1.23. The molecule has 5 heteroatoms. The fraction of sp³-hybridized carbons (Fsp3) is 0.650. The van der Waals surface area contributed by atoms with E-state index in [1.165, 1.54) is 76.8 Å². The summed E-state index contributed by atoms with van der Waals surface area (Å²) in [6, 6.07) is 4.28. The van der Waals surface area contributed by atoms with Crippen LogP contribution in [0.25, 0.3) is 11.3 Å². The lowest BCUT2D eigenvalue weighted by Crippen LogP contribution is -2.39. The molecular formula is C20H30N4S. The third-order valence-electron chi connectivity index (χ3n) is 5.72. The summed E-state index contributed by atoms with van der Waals surface area (Å²) in [5, 5.41) is 9.03. The van der Waals surface area contributed by atoms with Gasteiger partial charge in [-0.05, 0) is 62.2 Å². The minimum absolute atomic E-state index is 0.897. The van der Waals surface area contributed by atoms with E-state index in [1.54, 1.807) is 11.3 Å². The molecule has 2 aliphatic rings. The first-order valence-electron chi connectivity index (χ1n) is 9.87. The van der Waals surface area contributed by atoms with Crippen molar-refractivity contribution >= 4 is 11.3 Å². The maximum Gasteiger partial charge on any atom is 0.0932 e. The summed E-state index contributed by atoms with van der Waals surface area (Å²) in [5.74, 6) is 0.897. The first kappa shape index (κ1) is 17.3. The predicted molar refractivity (Wildman–Crippen MR) is 105 cm³/mol. The minimum Gasteiger partial charge on any atom is -0.303 e. The van der Waals surface area contributed by atoms with Gasteiger partial charge in [0.25, 0.3) is 0 Å². The molecule has 0 aliphatic carbocycles. The molecule has 0 amide bonds. The van der Waals surface area contributed by atoms with Gasteiger partial charge in [-0.3, -0.25) is 9.58 Å². The molecule has 4 nitrogen and oxygen atoms in total. The quantitative estimate of drug-likeness (QED) is 0.802. The van der Waals surface area contributed by atoms with E-state index in [-0.39, 0.29) is 0 Å². The number of thiophene rings is 1. The monoisotopic (exact) mass is 358 g/mol. The molecule has 4 heterocycles. The molecule has 2 saturated heterocycles. The van der Waals surface area contributed by atoms with Crippen LogP contribution in [0.1, 0.15) is 38.5 Å². The van der Waals surface area contributed by atoms with Crippen molar-refractivity contribution in [1.29, 1.82) is 0 Å². The van der Waals surface area contributed by atoms with Gasteiger partial charge in [0.15, 0.2) is 0 Å². The highest BCUT2D eigenvalue weighted by molar-refractivity contribution is 7.08. The van der Waals surface area contributed by atoms with Crippen LogP contribution in [0.2, 0.25) is 0 Å². The lowest BCUT2D eigenvalue weighted by molar-refractivity contribution is 0.117. The van der Waals surface area contributed by atoms with Crippen LogP contribution < -0.4 is 0 Å². The molecule has 25 heavy (non-hydrogen) atoms. The van der Waals surface area contributed by atoms with Gasteiger partial charge in [-0.2, -0.15) is 16.4 Å². The van der Waals surface area contributed by atoms with Gasteiger partial charge in [-0.15, -0.1) is 0 Å². The molecule has 0 N–H and O–H groups in total. The molecule has 0 radical (unpaired) electrons. The van der Waals surface area contributed by atoms with Gasteiger partial charge in [0.05, 0.1) is 12.4 Å². The number of hydrogen-bond donors (Lipinski definition) is 0. The number of likely N-dealkylation sites (tertiary alicyclic amines) is 2. The van der Waals surface area contributed by atoms with Crippen molar-refractivity contribution in [3.8, 4) is 11.3 Å². The second kappa shape index (κ2) is 8.47. The van der Waals surface area contributed by atoms with Gasteiger partial charge in [0, 0.05) is 36.8 Å². The molecule has 0 atom stereocenters. The molecule has 2 aliphatic heterocycles. The Hall–Kier alpha value is -1.17. The molecular weight excluding hydrogens is 328 g/mol. The van der Waals surface area contributed by atoms with Crippen LogP contribution in [0, 0.1) is 5.92 Å². The van der Waals surface area contributed by atoms with Gasteiger partial charge < -0.3 is 4.90 Å². The standard InChI is InChI=1S/C20H30N4S/c1-2-4-10-22(9-3-1)15-18-5-11-23(12-6-18)17-24-13-7-20(21-24)19-8-14-25-16-19/h7-8,13-14,16,18H,1-6,9-12,15,17H2. The summed E-state index contributed by atoms with van der Waals surface area (Å²) in [6.45, 7) is 7.36. The highest BCUT2D eigenvalue weighted by Crippen LogP contribution is 2.22. The zero-order chi connectivity index (χ0) is 16.9. The second-order valence-corrected chi connectivity index (χ2v) is 8.45. The summed E-state index contributed by atoms with van der Waals surface area (Å²) in [4.78, 5) is 5.29. The molecule has 0 saturated carbocycles. The first-order valence-corrected chi connectivity index (χ1v) is 10.8. The number of hydrogen-bond acceptors (Lipinski definition) is 4. The Bertz CT molecular complexity index is 620. The van der Waals surface area contributed by atoms with E-state index < -0.39 is 0 Å². The van der Waals surface area contributed by atoms with Crippen molar-refractivity contribution in [2.75, 3.05) is 32.7 Å². The molecule has 2 fully saturated rings. The summed E-state index contributed by atoms with van der Waals surface area (Å²) >= 11 is 1.73. The third-order valence-corrected chi connectivity index (χ3v) is 6.41. The van der Waals surface area contributed by atoms with Gasteiger partial charge in [-0.25, -0.2) is 0 Å². The van der Waals surface area contributed by atoms with E-state index in [0.29, 0.717) is 0 Å². The van der Waals surface area contributed by atoms with Crippen molar-refractivity contribution < 1.29 is 0 Å². The van der Waals surface area contributed by atoms with Crippen LogP contribution in [-0.4, -0.2) is 52.3 Å². The Morgan fingerprint density at radius 3 is 2.48 bits per heavy atom. The summed E-state index contributed by atoms with van der Waals surface area (Å²) in [5.41, 5.74) is 2.33. The van der Waals surface area contributed by atoms with Crippen LogP contribution >= 0.6 is 11.3 Å². The molecule has 0 spiro atoms. The van der Waals surface area contributed by atoms with Crippen molar-refractivity contribution in [2.24, 2.45) is 5.92 Å². The van der Waals surface area contributed by atoms with Gasteiger partial charge in [-0.1, -0.05) is 12.8 Å². The maximum absolute atomic E-state index is 4.74. The Morgan fingerprint density at radius 2 is 1.76 bits per heavy atom. The fourth-order valence-corrected chi connectivity index (χ4v) is 4.85. The fourth-order valence-electron chi connectivity index (χ4n) is 4.20. The lowest BCUT2D eigenvalue weighted by Gasteiger charge is -2.34. The van der Waals surface area contributed by atoms with Crippen LogP contribution in [0.3, 0.4) is 0 Å². The Kier molecular flexibility index (Phi) is 5.85. The maximum atomic E-state index is 4.74. The molecule has 0 aromatic carbocycles. The number of nitrogens with zero attached hydrogens (tertiary/aromatic N) is 4. The SMILES string of the molecule is c1cc(-c2ccn(CN3CCC(CN4CCCCCC4)CC3)n2)cs1. The normalized spacial score (nSPS) is 21.4. The van der Waals surface area contributed by atoms with Crippen LogP contribution in [0.15, 0.2) is 29.1 Å². The van der Waals surface area contributed by atoms with Gasteiger partial charge in [0.1, 0.15) is 0 Å². The predicted octanol–water partition coefficient (Wildman–Crippen LogP) is 4.16. The molecule has 0 bridgehead atoms. The van der Waals surface area contributed by atoms with E-state index in [4.69, 9.17) is 5.10 Å². The van der Waals surface area contributed by atoms with E-state index >= 15 is 0 Å². The zero-order valence-electron chi connectivity index (χ0n) is 15.1. The van der Waals surface area contributed by atoms with Crippen molar-refractivity contribution in [3.63, 3.8) is 0 Å². The average Bonchev–Trinajstić information content (AvgIpc) is 3.25. The molecule has 4 rings (SSSR count). The second-order valence-electron chi connectivity index (χ2n) is 7.67. The van der Waals surface area contributed by atoms with E-state index in [0.717, 1.165) is 18.3 Å². The topological polar surface area (TPSA) is 24.3 Å².